The van der Waals surface area contributed by atoms with Crippen molar-refractivity contribution in [3.05, 3.63) is 59.7 Å². The first-order valence-electron chi connectivity index (χ1n) is 8.74. The Labute approximate surface area is 141 Å². The normalized spacial score (nSPS) is 28.8. The molecule has 2 bridgehead atoms. The molecule has 0 spiro atoms. The summed E-state index contributed by atoms with van der Waals surface area (Å²) in [5.41, 5.74) is 5.81. The van der Waals surface area contributed by atoms with Crippen molar-refractivity contribution in [1.82, 2.24) is 0 Å². The van der Waals surface area contributed by atoms with Gasteiger partial charge in [-0.2, -0.15) is 0 Å². The fraction of sp³-hybridized carbons (Fsp3) is 0.286. The summed E-state index contributed by atoms with van der Waals surface area (Å²) in [6.07, 6.45) is 7.92. The van der Waals surface area contributed by atoms with E-state index in [1.165, 1.54) is 28.9 Å². The fourth-order valence-corrected chi connectivity index (χ4v) is 4.84. The van der Waals surface area contributed by atoms with Gasteiger partial charge in [0.1, 0.15) is 0 Å². The SMILES string of the molecule is O/N=C1\[C@H]2CC[C@@H](C2)[C@@H]1N1c2ccccc2C=Cc2ccccc21. The highest BCUT2D eigenvalue weighted by Crippen LogP contribution is 2.49. The van der Waals surface area contributed by atoms with Crippen molar-refractivity contribution in [3.63, 3.8) is 0 Å². The van der Waals surface area contributed by atoms with E-state index in [1.807, 2.05) is 0 Å². The molecule has 0 aromatic heterocycles. The third-order valence-electron chi connectivity index (χ3n) is 5.87. The number of nitrogens with zero attached hydrogens (tertiary/aromatic N) is 2. The van der Waals surface area contributed by atoms with Crippen LogP contribution in [0.5, 0.6) is 0 Å². The summed E-state index contributed by atoms with van der Waals surface area (Å²) in [5.74, 6) is 1.01. The molecule has 3 atom stereocenters. The Balaban J connectivity index is 1.74. The summed E-state index contributed by atoms with van der Waals surface area (Å²) in [6, 6.07) is 17.2. The average Bonchev–Trinajstić information content (AvgIpc) is 3.19. The average molecular weight is 316 g/mol. The molecule has 0 radical (unpaired) electrons. The maximum absolute atomic E-state index is 9.70. The van der Waals surface area contributed by atoms with Gasteiger partial charge in [0.15, 0.2) is 0 Å². The second-order valence-corrected chi connectivity index (χ2v) is 7.06. The van der Waals surface area contributed by atoms with E-state index in [1.54, 1.807) is 0 Å². The minimum absolute atomic E-state index is 0.163. The molecule has 1 heterocycles. The Kier molecular flexibility index (Phi) is 3.02. The molecule has 3 heteroatoms. The first-order valence-corrected chi connectivity index (χ1v) is 8.74. The van der Waals surface area contributed by atoms with Crippen molar-refractivity contribution >= 4 is 29.2 Å². The summed E-state index contributed by atoms with van der Waals surface area (Å²) < 4.78 is 0. The number of para-hydroxylation sites is 2. The van der Waals surface area contributed by atoms with Gasteiger partial charge < -0.3 is 10.1 Å². The van der Waals surface area contributed by atoms with E-state index in [9.17, 15) is 5.21 Å². The molecule has 2 saturated carbocycles. The van der Waals surface area contributed by atoms with Crippen molar-refractivity contribution in [3.8, 4) is 0 Å². The third kappa shape index (κ3) is 1.87. The third-order valence-corrected chi connectivity index (χ3v) is 5.87. The predicted octanol–water partition coefficient (Wildman–Crippen LogP) is 4.94. The molecule has 0 saturated heterocycles. The van der Waals surface area contributed by atoms with E-state index in [2.05, 4.69) is 70.7 Å². The molecular formula is C21H20N2O. The van der Waals surface area contributed by atoms with Gasteiger partial charge >= 0.3 is 0 Å². The van der Waals surface area contributed by atoms with Gasteiger partial charge in [-0.25, -0.2) is 0 Å². The number of anilines is 2. The lowest BCUT2D eigenvalue weighted by Gasteiger charge is -2.37. The quantitative estimate of drug-likeness (QED) is 0.597. The minimum Gasteiger partial charge on any atom is -0.411 e. The molecule has 0 amide bonds. The lowest BCUT2D eigenvalue weighted by Crippen LogP contribution is -2.42. The van der Waals surface area contributed by atoms with Crippen LogP contribution in [-0.4, -0.2) is 17.0 Å². The Morgan fingerprint density at radius 2 is 1.50 bits per heavy atom. The fourth-order valence-electron chi connectivity index (χ4n) is 4.84. The number of oxime groups is 1. The molecule has 2 aliphatic carbocycles. The van der Waals surface area contributed by atoms with Crippen molar-refractivity contribution in [2.75, 3.05) is 4.90 Å². The second-order valence-electron chi connectivity index (χ2n) is 7.06. The zero-order valence-corrected chi connectivity index (χ0v) is 13.5. The van der Waals surface area contributed by atoms with Gasteiger partial charge in [0.05, 0.1) is 11.8 Å². The summed E-state index contributed by atoms with van der Waals surface area (Å²) >= 11 is 0. The van der Waals surface area contributed by atoms with Crippen molar-refractivity contribution in [2.45, 2.75) is 25.3 Å². The van der Waals surface area contributed by atoms with Gasteiger partial charge in [-0.3, -0.25) is 0 Å². The predicted molar refractivity (Wildman–Crippen MR) is 97.8 cm³/mol. The summed E-state index contributed by atoms with van der Waals surface area (Å²) in [6.45, 7) is 0. The van der Waals surface area contributed by atoms with Gasteiger partial charge in [0, 0.05) is 17.3 Å². The minimum atomic E-state index is 0.163. The van der Waals surface area contributed by atoms with Crippen molar-refractivity contribution < 1.29 is 5.21 Å². The van der Waals surface area contributed by atoms with Gasteiger partial charge in [-0.1, -0.05) is 53.7 Å². The van der Waals surface area contributed by atoms with E-state index >= 15 is 0 Å². The van der Waals surface area contributed by atoms with E-state index in [0.29, 0.717) is 11.8 Å². The van der Waals surface area contributed by atoms with Crippen LogP contribution in [0.15, 0.2) is 53.7 Å². The number of rotatable bonds is 1. The Bertz CT molecular complexity index is 805. The highest BCUT2D eigenvalue weighted by molar-refractivity contribution is 6.01. The van der Waals surface area contributed by atoms with Crippen LogP contribution < -0.4 is 4.90 Å². The lowest BCUT2D eigenvalue weighted by atomic mass is 9.90. The summed E-state index contributed by atoms with van der Waals surface area (Å²) in [4.78, 5) is 2.42. The number of hydrogen-bond acceptors (Lipinski definition) is 3. The van der Waals surface area contributed by atoms with Crippen LogP contribution in [0.3, 0.4) is 0 Å². The van der Waals surface area contributed by atoms with Gasteiger partial charge in [0.25, 0.3) is 0 Å². The lowest BCUT2D eigenvalue weighted by molar-refractivity contribution is 0.311. The molecule has 1 aliphatic heterocycles. The number of benzene rings is 2. The van der Waals surface area contributed by atoms with Crippen molar-refractivity contribution in [2.24, 2.45) is 17.0 Å². The molecule has 120 valence electrons. The highest BCUT2D eigenvalue weighted by Gasteiger charge is 2.49. The Morgan fingerprint density at radius 3 is 2.12 bits per heavy atom. The molecular weight excluding hydrogens is 296 g/mol. The van der Waals surface area contributed by atoms with E-state index in [4.69, 9.17) is 0 Å². The van der Waals surface area contributed by atoms with Gasteiger partial charge in [-0.05, 0) is 48.4 Å². The molecule has 3 nitrogen and oxygen atoms in total. The molecule has 2 aromatic rings. The van der Waals surface area contributed by atoms with Gasteiger partial charge in [0.2, 0.25) is 0 Å². The van der Waals surface area contributed by atoms with Crippen LogP contribution in [0.4, 0.5) is 11.4 Å². The molecule has 0 unspecified atom stereocenters. The molecule has 2 aromatic carbocycles. The standard InChI is InChI=1S/C21H20N2O/c24-22-20-16-11-12-17(13-16)21(20)23-18-7-3-1-5-14(18)9-10-15-6-2-4-8-19(15)23/h1-10,16-17,21,24H,11-13H2/b22-20+/t16-,17-,21-/m0/s1. The molecule has 24 heavy (non-hydrogen) atoms. The zero-order chi connectivity index (χ0) is 16.1. The number of fused-ring (bicyclic) bond motifs is 4. The smallest absolute Gasteiger partial charge is 0.0832 e. The molecule has 3 aliphatic rings. The highest BCUT2D eigenvalue weighted by atomic mass is 16.4. The second kappa shape index (κ2) is 5.23. The first kappa shape index (κ1) is 13.8. The Hall–Kier alpha value is -2.55. The summed E-state index contributed by atoms with van der Waals surface area (Å²) in [7, 11) is 0. The zero-order valence-electron chi connectivity index (χ0n) is 13.5. The number of hydrogen-bond donors (Lipinski definition) is 1. The van der Waals surface area contributed by atoms with Crippen LogP contribution >= 0.6 is 0 Å². The van der Waals surface area contributed by atoms with E-state index in [0.717, 1.165) is 18.6 Å². The van der Waals surface area contributed by atoms with Crippen LogP contribution in [0.25, 0.3) is 12.2 Å². The summed E-state index contributed by atoms with van der Waals surface area (Å²) in [5, 5.41) is 13.5. The maximum atomic E-state index is 9.70. The van der Waals surface area contributed by atoms with Crippen LogP contribution in [-0.2, 0) is 0 Å². The monoisotopic (exact) mass is 316 g/mol. The molecule has 5 rings (SSSR count). The molecule has 2 fully saturated rings. The van der Waals surface area contributed by atoms with Crippen LogP contribution in [0, 0.1) is 11.8 Å². The van der Waals surface area contributed by atoms with Crippen LogP contribution in [0.1, 0.15) is 30.4 Å². The van der Waals surface area contributed by atoms with Crippen LogP contribution in [0.2, 0.25) is 0 Å². The van der Waals surface area contributed by atoms with E-state index in [-0.39, 0.29) is 6.04 Å². The largest absolute Gasteiger partial charge is 0.411 e. The van der Waals surface area contributed by atoms with E-state index < -0.39 is 0 Å². The van der Waals surface area contributed by atoms with Gasteiger partial charge in [-0.15, -0.1) is 0 Å². The van der Waals surface area contributed by atoms with Crippen molar-refractivity contribution in [1.29, 1.82) is 0 Å². The first-order chi connectivity index (χ1) is 11.9. The topological polar surface area (TPSA) is 35.8 Å². The Morgan fingerprint density at radius 1 is 0.875 bits per heavy atom. The molecule has 1 N–H and O–H groups in total. The maximum Gasteiger partial charge on any atom is 0.0832 e.